The van der Waals surface area contributed by atoms with E-state index in [1.165, 1.54) is 11.8 Å². The number of rotatable bonds is 2. The van der Waals surface area contributed by atoms with Gasteiger partial charge in [0.1, 0.15) is 0 Å². The molecule has 5 nitrogen and oxygen atoms in total. The summed E-state index contributed by atoms with van der Waals surface area (Å²) in [6.45, 7) is 0.164. The molecule has 2 aliphatic heterocycles. The molecule has 0 spiro atoms. The lowest BCUT2D eigenvalue weighted by Gasteiger charge is -2.02. The van der Waals surface area contributed by atoms with Gasteiger partial charge in [0.25, 0.3) is 5.91 Å². The Morgan fingerprint density at radius 2 is 1.96 bits per heavy atom. The molecule has 0 unspecified atom stereocenters. The van der Waals surface area contributed by atoms with Gasteiger partial charge >= 0.3 is 0 Å². The van der Waals surface area contributed by atoms with Crippen LogP contribution < -0.4 is 14.8 Å². The molecule has 0 radical (unpaired) electrons. The first kappa shape index (κ1) is 16.3. The van der Waals surface area contributed by atoms with Crippen LogP contribution in [-0.4, -0.2) is 17.9 Å². The highest BCUT2D eigenvalue weighted by molar-refractivity contribution is 8.18. The fourth-order valence-electron chi connectivity index (χ4n) is 2.33. The highest BCUT2D eigenvalue weighted by Gasteiger charge is 2.25. The van der Waals surface area contributed by atoms with Crippen LogP contribution in [0.1, 0.15) is 5.56 Å². The van der Waals surface area contributed by atoms with Crippen molar-refractivity contribution >= 4 is 57.8 Å². The van der Waals surface area contributed by atoms with Gasteiger partial charge in [-0.1, -0.05) is 29.3 Å². The van der Waals surface area contributed by atoms with Gasteiger partial charge in [-0.15, -0.1) is 0 Å². The van der Waals surface area contributed by atoms with Gasteiger partial charge in [-0.05, 0) is 47.7 Å². The highest BCUT2D eigenvalue weighted by Crippen LogP contribution is 2.38. The lowest BCUT2D eigenvalue weighted by Crippen LogP contribution is -2.19. The van der Waals surface area contributed by atoms with E-state index in [9.17, 15) is 4.79 Å². The number of carbonyl (C=O) groups is 1. The summed E-state index contributed by atoms with van der Waals surface area (Å²) < 4.78 is 10.6. The van der Waals surface area contributed by atoms with E-state index >= 15 is 0 Å². The van der Waals surface area contributed by atoms with Crippen molar-refractivity contribution in [3.05, 3.63) is 56.9 Å². The number of amidine groups is 1. The minimum absolute atomic E-state index is 0.164. The summed E-state index contributed by atoms with van der Waals surface area (Å²) in [5.74, 6) is 0.964. The molecule has 8 heteroatoms. The third kappa shape index (κ3) is 3.46. The van der Waals surface area contributed by atoms with Crippen LogP contribution in [0.4, 0.5) is 5.69 Å². The van der Waals surface area contributed by atoms with Gasteiger partial charge in [-0.25, -0.2) is 4.99 Å². The maximum absolute atomic E-state index is 12.2. The Labute approximate surface area is 157 Å². The Hall–Kier alpha value is -2.15. The third-order valence-corrected chi connectivity index (χ3v) is 4.94. The molecule has 126 valence electrons. The van der Waals surface area contributed by atoms with Crippen molar-refractivity contribution in [1.29, 1.82) is 0 Å². The second-order valence-electron chi connectivity index (χ2n) is 5.19. The number of nitrogens with zero attached hydrogens (tertiary/aromatic N) is 1. The Bertz CT molecular complexity index is 943. The molecule has 1 N–H and O–H groups in total. The number of amides is 1. The van der Waals surface area contributed by atoms with Crippen LogP contribution >= 0.6 is 35.0 Å². The number of nitrogens with one attached hydrogen (secondary N) is 1. The number of halogens is 2. The predicted octanol–water partition coefficient (Wildman–Crippen LogP) is 4.61. The van der Waals surface area contributed by atoms with Crippen LogP contribution in [0.15, 0.2) is 46.3 Å². The summed E-state index contributed by atoms with van der Waals surface area (Å²) in [5.41, 5.74) is 1.34. The summed E-state index contributed by atoms with van der Waals surface area (Å²) in [6, 6.07) is 10.5. The van der Waals surface area contributed by atoms with E-state index in [1.807, 2.05) is 6.07 Å². The molecule has 0 aliphatic carbocycles. The van der Waals surface area contributed by atoms with Gasteiger partial charge in [-0.2, -0.15) is 0 Å². The van der Waals surface area contributed by atoms with E-state index in [2.05, 4.69) is 10.3 Å². The first-order valence-corrected chi connectivity index (χ1v) is 8.80. The van der Waals surface area contributed by atoms with Gasteiger partial charge in [0.05, 0.1) is 15.6 Å². The zero-order chi connectivity index (χ0) is 17.4. The standard InChI is InChI=1S/C17H10Cl2N2O3S/c18-10-2-1-3-11(6-10)20-17-21-16(22)15(25-17)5-9-4-13-14(7-12(9)19)24-8-23-13/h1-7H,8H2,(H,20,21,22)/b15-5-. The minimum Gasteiger partial charge on any atom is -0.454 e. The van der Waals surface area contributed by atoms with Gasteiger partial charge in [-0.3, -0.25) is 4.79 Å². The maximum atomic E-state index is 12.2. The van der Waals surface area contributed by atoms with Gasteiger partial charge < -0.3 is 14.8 Å². The number of benzene rings is 2. The quantitative estimate of drug-likeness (QED) is 0.757. The molecule has 0 bridgehead atoms. The molecule has 4 rings (SSSR count). The maximum Gasteiger partial charge on any atom is 0.264 e. The molecule has 1 amide bonds. The first-order chi connectivity index (χ1) is 12.1. The van der Waals surface area contributed by atoms with Crippen molar-refractivity contribution < 1.29 is 14.3 Å². The summed E-state index contributed by atoms with van der Waals surface area (Å²) in [4.78, 5) is 17.1. The minimum atomic E-state index is -0.237. The topological polar surface area (TPSA) is 59.9 Å². The number of carbonyl (C=O) groups excluding carboxylic acids is 1. The monoisotopic (exact) mass is 392 g/mol. The van der Waals surface area contributed by atoms with Gasteiger partial charge in [0.2, 0.25) is 6.79 Å². The third-order valence-electron chi connectivity index (χ3n) is 3.47. The molecular weight excluding hydrogens is 383 g/mol. The lowest BCUT2D eigenvalue weighted by molar-refractivity contribution is -0.115. The largest absolute Gasteiger partial charge is 0.454 e. The van der Waals surface area contributed by atoms with E-state index in [0.29, 0.717) is 42.9 Å². The number of thioether (sulfide) groups is 1. The second-order valence-corrected chi connectivity index (χ2v) is 7.06. The van der Waals surface area contributed by atoms with Crippen molar-refractivity contribution in [2.24, 2.45) is 4.99 Å². The summed E-state index contributed by atoms with van der Waals surface area (Å²) in [5, 5.41) is 4.27. The van der Waals surface area contributed by atoms with E-state index in [0.717, 1.165) is 0 Å². The van der Waals surface area contributed by atoms with Crippen LogP contribution in [-0.2, 0) is 4.79 Å². The average Bonchev–Trinajstić information content (AvgIpc) is 3.14. The molecule has 2 aliphatic rings. The van der Waals surface area contributed by atoms with Gasteiger partial charge in [0, 0.05) is 11.1 Å². The number of fused-ring (bicyclic) bond motifs is 1. The van der Waals surface area contributed by atoms with Crippen molar-refractivity contribution in [2.75, 3.05) is 6.79 Å². The fourth-order valence-corrected chi connectivity index (χ4v) is 3.55. The fraction of sp³-hybridized carbons (Fsp3) is 0.0588. The molecule has 1 fully saturated rings. The van der Waals surface area contributed by atoms with Crippen LogP contribution in [0.5, 0.6) is 11.5 Å². The van der Waals surface area contributed by atoms with Crippen molar-refractivity contribution in [1.82, 2.24) is 5.32 Å². The smallest absolute Gasteiger partial charge is 0.264 e. The highest BCUT2D eigenvalue weighted by atomic mass is 35.5. The van der Waals surface area contributed by atoms with E-state index in [-0.39, 0.29) is 12.7 Å². The number of aliphatic imine (C=N–C) groups is 1. The zero-order valence-electron chi connectivity index (χ0n) is 12.6. The predicted molar refractivity (Wildman–Crippen MR) is 99.8 cm³/mol. The zero-order valence-corrected chi connectivity index (χ0v) is 14.9. The molecule has 0 saturated carbocycles. The Morgan fingerprint density at radius 1 is 1.16 bits per heavy atom. The number of hydrogen-bond donors (Lipinski definition) is 1. The first-order valence-electron chi connectivity index (χ1n) is 7.23. The normalized spacial score (nSPS) is 18.9. The molecule has 2 heterocycles. The Balaban J connectivity index is 1.62. The summed E-state index contributed by atoms with van der Waals surface area (Å²) in [6.07, 6.45) is 1.70. The van der Waals surface area contributed by atoms with Crippen LogP contribution in [0.2, 0.25) is 10.0 Å². The van der Waals surface area contributed by atoms with Crippen LogP contribution in [0.3, 0.4) is 0 Å². The number of hydrogen-bond acceptors (Lipinski definition) is 5. The molecule has 2 aromatic carbocycles. The van der Waals surface area contributed by atoms with Crippen LogP contribution in [0.25, 0.3) is 6.08 Å². The van der Waals surface area contributed by atoms with Crippen molar-refractivity contribution in [2.45, 2.75) is 0 Å². The van der Waals surface area contributed by atoms with Crippen molar-refractivity contribution in [3.63, 3.8) is 0 Å². The molecular formula is C17H10Cl2N2O3S. The van der Waals surface area contributed by atoms with E-state index in [4.69, 9.17) is 32.7 Å². The Morgan fingerprint density at radius 3 is 2.76 bits per heavy atom. The van der Waals surface area contributed by atoms with Crippen molar-refractivity contribution in [3.8, 4) is 11.5 Å². The molecule has 25 heavy (non-hydrogen) atoms. The SMILES string of the molecule is O=C1NC(=Nc2cccc(Cl)c2)S/C1=C\c1cc2c(cc1Cl)OCO2. The van der Waals surface area contributed by atoms with E-state index in [1.54, 1.807) is 36.4 Å². The lowest BCUT2D eigenvalue weighted by atomic mass is 10.2. The summed E-state index contributed by atoms with van der Waals surface area (Å²) >= 11 is 13.4. The summed E-state index contributed by atoms with van der Waals surface area (Å²) in [7, 11) is 0. The average molecular weight is 393 g/mol. The van der Waals surface area contributed by atoms with Gasteiger partial charge in [0.15, 0.2) is 16.7 Å². The second kappa shape index (κ2) is 6.63. The van der Waals surface area contributed by atoms with Crippen LogP contribution in [0, 0.1) is 0 Å². The molecule has 0 aromatic heterocycles. The van der Waals surface area contributed by atoms with E-state index < -0.39 is 0 Å². The molecule has 1 saturated heterocycles. The molecule has 0 atom stereocenters. The number of ether oxygens (including phenoxy) is 2. The molecule has 2 aromatic rings. The Kier molecular flexibility index (Phi) is 4.33.